The summed E-state index contributed by atoms with van der Waals surface area (Å²) in [7, 11) is 0. The third-order valence-corrected chi connectivity index (χ3v) is 5.44. The third kappa shape index (κ3) is 1.82. The van der Waals surface area contributed by atoms with Crippen molar-refractivity contribution in [1.82, 2.24) is 20.7 Å². The summed E-state index contributed by atoms with van der Waals surface area (Å²) < 4.78 is 6.19. The van der Waals surface area contributed by atoms with Gasteiger partial charge in [-0.15, -0.1) is 16.4 Å². The number of rotatable bonds is 1. The van der Waals surface area contributed by atoms with Gasteiger partial charge in [-0.05, 0) is 44.0 Å². The van der Waals surface area contributed by atoms with Crippen LogP contribution in [0.1, 0.15) is 23.3 Å². The molecule has 1 spiro atoms. The van der Waals surface area contributed by atoms with Gasteiger partial charge in [0.2, 0.25) is 0 Å². The normalized spacial score (nSPS) is 21.5. The smallest absolute Gasteiger partial charge is 0.122 e. The monoisotopic (exact) mass is 276 g/mol. The zero-order valence-corrected chi connectivity index (χ0v) is 11.4. The molecule has 1 fully saturated rings. The van der Waals surface area contributed by atoms with Crippen LogP contribution in [0.3, 0.4) is 0 Å². The van der Waals surface area contributed by atoms with E-state index in [1.54, 1.807) is 0 Å². The van der Waals surface area contributed by atoms with Crippen LogP contribution >= 0.6 is 11.3 Å². The summed E-state index contributed by atoms with van der Waals surface area (Å²) in [6, 6.07) is 2.27. The third-order valence-electron chi connectivity index (χ3n) is 4.05. The van der Waals surface area contributed by atoms with Gasteiger partial charge in [-0.3, -0.25) is 5.10 Å². The molecular weight excluding hydrogens is 260 g/mol. The second-order valence-electron chi connectivity index (χ2n) is 5.17. The van der Waals surface area contributed by atoms with E-state index in [0.717, 1.165) is 44.7 Å². The van der Waals surface area contributed by atoms with Crippen molar-refractivity contribution in [3.8, 4) is 10.6 Å². The molecule has 0 bridgehead atoms. The lowest BCUT2D eigenvalue weighted by Gasteiger charge is -2.40. The molecule has 4 rings (SSSR count). The molecule has 2 aromatic heterocycles. The Morgan fingerprint density at radius 2 is 2.21 bits per heavy atom. The van der Waals surface area contributed by atoms with Crippen molar-refractivity contribution in [2.45, 2.75) is 24.9 Å². The lowest BCUT2D eigenvalue weighted by Crippen LogP contribution is -2.43. The topological polar surface area (TPSA) is 62.8 Å². The summed E-state index contributed by atoms with van der Waals surface area (Å²) in [5.41, 5.74) is 2.32. The van der Waals surface area contributed by atoms with Gasteiger partial charge in [0, 0.05) is 4.88 Å². The average Bonchev–Trinajstić information content (AvgIpc) is 3.09. The molecule has 1 saturated heterocycles. The van der Waals surface area contributed by atoms with Crippen LogP contribution in [0.2, 0.25) is 0 Å². The van der Waals surface area contributed by atoms with Crippen molar-refractivity contribution in [2.24, 2.45) is 0 Å². The summed E-state index contributed by atoms with van der Waals surface area (Å²) in [5, 5.41) is 14.1. The number of H-pyrrole nitrogens is 1. The van der Waals surface area contributed by atoms with Gasteiger partial charge < -0.3 is 10.1 Å². The Balaban J connectivity index is 1.78. The van der Waals surface area contributed by atoms with Crippen LogP contribution in [0.4, 0.5) is 0 Å². The molecule has 100 valence electrons. The maximum Gasteiger partial charge on any atom is 0.122 e. The maximum absolute atomic E-state index is 6.19. The van der Waals surface area contributed by atoms with E-state index in [-0.39, 0.29) is 5.60 Å². The second kappa shape index (κ2) is 4.40. The second-order valence-corrected chi connectivity index (χ2v) is 6.22. The number of fused-ring (bicyclic) bond motifs is 2. The van der Waals surface area contributed by atoms with Gasteiger partial charge in [-0.25, -0.2) is 0 Å². The van der Waals surface area contributed by atoms with Gasteiger partial charge in [0.1, 0.15) is 11.3 Å². The fraction of sp³-hybridized carbons (Fsp3) is 0.538. The van der Waals surface area contributed by atoms with Crippen LogP contribution in [0.25, 0.3) is 10.6 Å². The van der Waals surface area contributed by atoms with Gasteiger partial charge >= 0.3 is 0 Å². The van der Waals surface area contributed by atoms with Crippen LogP contribution in [-0.4, -0.2) is 35.1 Å². The van der Waals surface area contributed by atoms with E-state index in [9.17, 15) is 0 Å². The molecule has 19 heavy (non-hydrogen) atoms. The van der Waals surface area contributed by atoms with E-state index in [4.69, 9.17) is 4.74 Å². The van der Waals surface area contributed by atoms with Crippen molar-refractivity contribution in [1.29, 1.82) is 0 Å². The fourth-order valence-corrected chi connectivity index (χ4v) is 4.44. The highest BCUT2D eigenvalue weighted by Gasteiger charge is 2.40. The summed E-state index contributed by atoms with van der Waals surface area (Å²) in [6.45, 7) is 2.91. The SMILES string of the molecule is c1[nH]nnc1-c1cc2c(s1)C1(CCNCC1)OCC2. The fourth-order valence-electron chi connectivity index (χ4n) is 3.07. The van der Waals surface area contributed by atoms with E-state index < -0.39 is 0 Å². The highest BCUT2D eigenvalue weighted by Crippen LogP contribution is 2.46. The number of hydrogen-bond acceptors (Lipinski definition) is 5. The van der Waals surface area contributed by atoms with E-state index in [0.29, 0.717) is 0 Å². The number of aromatic amines is 1. The van der Waals surface area contributed by atoms with Crippen LogP contribution in [0, 0.1) is 0 Å². The maximum atomic E-state index is 6.19. The Kier molecular flexibility index (Phi) is 2.68. The van der Waals surface area contributed by atoms with Crippen LogP contribution < -0.4 is 5.32 Å². The van der Waals surface area contributed by atoms with Gasteiger partial charge in [-0.2, -0.15) is 0 Å². The van der Waals surface area contributed by atoms with E-state index >= 15 is 0 Å². The molecule has 0 atom stereocenters. The van der Waals surface area contributed by atoms with Crippen molar-refractivity contribution in [2.75, 3.05) is 19.7 Å². The molecule has 0 unspecified atom stereocenters. The van der Waals surface area contributed by atoms with Crippen molar-refractivity contribution in [3.05, 3.63) is 22.7 Å². The molecule has 2 aliphatic heterocycles. The number of hydrogen-bond donors (Lipinski definition) is 2. The Hall–Kier alpha value is -1.24. The average molecular weight is 276 g/mol. The molecule has 6 heteroatoms. The predicted octanol–water partition coefficient (Wildman–Crippen LogP) is 1.68. The molecule has 5 nitrogen and oxygen atoms in total. The molecule has 0 amide bonds. The number of nitrogens with zero attached hydrogens (tertiary/aromatic N) is 2. The molecule has 2 N–H and O–H groups in total. The molecular formula is C13H16N4OS. The minimum absolute atomic E-state index is 0.0501. The number of ether oxygens (including phenoxy) is 1. The molecule has 2 aromatic rings. The summed E-state index contributed by atoms with van der Waals surface area (Å²) in [4.78, 5) is 2.61. The minimum atomic E-state index is -0.0501. The highest BCUT2D eigenvalue weighted by molar-refractivity contribution is 7.15. The molecule has 0 radical (unpaired) electrons. The zero-order valence-electron chi connectivity index (χ0n) is 10.6. The van der Waals surface area contributed by atoms with Crippen molar-refractivity contribution >= 4 is 11.3 Å². The first-order valence-electron chi connectivity index (χ1n) is 6.72. The Morgan fingerprint density at radius 3 is 3.00 bits per heavy atom. The summed E-state index contributed by atoms with van der Waals surface area (Å²) >= 11 is 1.82. The standard InChI is InChI=1S/C13H16N4OS/c1-6-18-13(2-4-14-5-3-13)12-9(1)7-11(19-12)10-8-15-17-16-10/h7-8,14H,1-6H2,(H,15,16,17). The Bertz CT molecular complexity index is 571. The number of aromatic nitrogens is 3. The van der Waals surface area contributed by atoms with Gasteiger partial charge in [0.25, 0.3) is 0 Å². The van der Waals surface area contributed by atoms with Crippen LogP contribution in [0.5, 0.6) is 0 Å². The summed E-state index contributed by atoms with van der Waals surface area (Å²) in [6.07, 6.45) is 5.00. The highest BCUT2D eigenvalue weighted by atomic mass is 32.1. The van der Waals surface area contributed by atoms with Gasteiger partial charge in [0.05, 0.1) is 17.7 Å². The zero-order chi connectivity index (χ0) is 12.7. The van der Waals surface area contributed by atoms with Crippen molar-refractivity contribution < 1.29 is 4.74 Å². The predicted molar refractivity (Wildman–Crippen MR) is 73.1 cm³/mol. The number of piperidine rings is 1. The summed E-state index contributed by atoms with van der Waals surface area (Å²) in [5.74, 6) is 0. The van der Waals surface area contributed by atoms with E-state index in [1.165, 1.54) is 15.3 Å². The molecule has 0 saturated carbocycles. The van der Waals surface area contributed by atoms with Gasteiger partial charge in [-0.1, -0.05) is 5.21 Å². The van der Waals surface area contributed by atoms with Crippen LogP contribution in [-0.2, 0) is 16.8 Å². The molecule has 0 aromatic carbocycles. The van der Waals surface area contributed by atoms with E-state index in [2.05, 4.69) is 26.8 Å². The number of nitrogens with one attached hydrogen (secondary N) is 2. The van der Waals surface area contributed by atoms with E-state index in [1.807, 2.05) is 17.5 Å². The first-order chi connectivity index (χ1) is 9.37. The van der Waals surface area contributed by atoms with Gasteiger partial charge in [0.15, 0.2) is 0 Å². The minimum Gasteiger partial charge on any atom is -0.369 e. The molecule has 2 aliphatic rings. The first-order valence-corrected chi connectivity index (χ1v) is 7.54. The lowest BCUT2D eigenvalue weighted by molar-refractivity contribution is -0.0771. The van der Waals surface area contributed by atoms with Crippen LogP contribution in [0.15, 0.2) is 12.3 Å². The Morgan fingerprint density at radius 1 is 1.32 bits per heavy atom. The largest absolute Gasteiger partial charge is 0.369 e. The quantitative estimate of drug-likeness (QED) is 0.832. The molecule has 0 aliphatic carbocycles. The van der Waals surface area contributed by atoms with Crippen molar-refractivity contribution in [3.63, 3.8) is 0 Å². The number of thiophene rings is 1. The molecule has 4 heterocycles. The first kappa shape index (κ1) is 11.6. The Labute approximate surface area is 115 Å². The lowest BCUT2D eigenvalue weighted by atomic mass is 9.86.